The molecule has 2 aliphatic rings. The highest BCUT2D eigenvalue weighted by molar-refractivity contribution is 6.09. The molecule has 0 saturated carbocycles. The van der Waals surface area contributed by atoms with Gasteiger partial charge in [0.1, 0.15) is 12.7 Å². The van der Waals surface area contributed by atoms with Gasteiger partial charge in [0.05, 0.1) is 18.6 Å². The third-order valence-corrected chi connectivity index (χ3v) is 7.90. The van der Waals surface area contributed by atoms with Gasteiger partial charge < -0.3 is 19.7 Å². The number of carbonyl (C=O) groups is 4. The van der Waals surface area contributed by atoms with E-state index in [1.54, 1.807) is 21.0 Å². The molecular weight excluding hydrogens is 544 g/mol. The summed E-state index contributed by atoms with van der Waals surface area (Å²) in [6.07, 6.45) is 3.27. The summed E-state index contributed by atoms with van der Waals surface area (Å²) in [7, 11) is 1.91. The number of amides is 4. The zero-order chi connectivity index (χ0) is 30.9. The van der Waals surface area contributed by atoms with E-state index in [0.29, 0.717) is 25.1 Å². The predicted molar refractivity (Wildman–Crippen MR) is 165 cm³/mol. The molecule has 2 aliphatic heterocycles. The van der Waals surface area contributed by atoms with E-state index >= 15 is 0 Å². The summed E-state index contributed by atoms with van der Waals surface area (Å²) in [4.78, 5) is 56.5. The van der Waals surface area contributed by atoms with Crippen LogP contribution in [0.4, 0.5) is 4.79 Å². The fourth-order valence-corrected chi connectivity index (χ4v) is 5.98. The molecule has 2 fully saturated rings. The Bertz CT molecular complexity index is 1560. The normalized spacial score (nSPS) is 17.8. The Morgan fingerprint density at radius 3 is 2.47 bits per heavy atom. The van der Waals surface area contributed by atoms with Crippen molar-refractivity contribution in [3.8, 4) is 0 Å². The van der Waals surface area contributed by atoms with Crippen molar-refractivity contribution in [2.75, 3.05) is 26.2 Å². The number of carbonyl (C=O) groups excluding carboxylic acids is 4. The molecule has 43 heavy (non-hydrogen) atoms. The number of ketones is 1. The standard InChI is InChI=1S/C33H40N6O4/c1-6-15-37-21-30(42)38-22-29(41)36(20-28(38)39(37)32(43)34-17-23-11-8-7-9-12-23)18-24-13-10-14-25-26(19-35(5)31(24)25)27(40)16-33(2,3)4/h6-14,19,28H,1,15-18,20-22H2,2-5H3,(H,34,43). The molecule has 10 heteroatoms. The molecule has 226 valence electrons. The van der Waals surface area contributed by atoms with Crippen LogP contribution in [-0.2, 0) is 29.7 Å². The largest absolute Gasteiger partial charge is 0.350 e. The number of piperazine rings is 1. The van der Waals surface area contributed by atoms with Crippen LogP contribution in [0.1, 0.15) is 48.7 Å². The van der Waals surface area contributed by atoms with Gasteiger partial charge in [0.2, 0.25) is 11.8 Å². The topological polar surface area (TPSA) is 98.2 Å². The van der Waals surface area contributed by atoms with Crippen LogP contribution in [0.2, 0.25) is 0 Å². The van der Waals surface area contributed by atoms with Crippen LogP contribution >= 0.6 is 0 Å². The summed E-state index contributed by atoms with van der Waals surface area (Å²) in [6, 6.07) is 15.1. The number of aromatic nitrogens is 1. The number of rotatable bonds is 8. The Balaban J connectivity index is 1.42. The molecule has 4 amide bonds. The zero-order valence-electron chi connectivity index (χ0n) is 25.4. The highest BCUT2D eigenvalue weighted by atomic mass is 16.2. The summed E-state index contributed by atoms with van der Waals surface area (Å²) in [5.41, 5.74) is 3.26. The lowest BCUT2D eigenvalue weighted by atomic mass is 9.88. The minimum atomic E-state index is -0.675. The predicted octanol–water partition coefficient (Wildman–Crippen LogP) is 3.92. The molecule has 0 radical (unpaired) electrons. The first-order chi connectivity index (χ1) is 20.5. The number of nitrogens with one attached hydrogen (secondary N) is 1. The Hall–Kier alpha value is -4.44. The van der Waals surface area contributed by atoms with Crippen molar-refractivity contribution in [2.24, 2.45) is 12.5 Å². The van der Waals surface area contributed by atoms with Crippen molar-refractivity contribution < 1.29 is 19.2 Å². The van der Waals surface area contributed by atoms with Crippen LogP contribution in [0.3, 0.4) is 0 Å². The molecule has 1 N–H and O–H groups in total. The Morgan fingerprint density at radius 2 is 1.77 bits per heavy atom. The maximum atomic E-state index is 13.6. The molecule has 3 aromatic rings. The lowest BCUT2D eigenvalue weighted by Crippen LogP contribution is -2.73. The molecule has 0 spiro atoms. The summed E-state index contributed by atoms with van der Waals surface area (Å²) in [5, 5.41) is 7.06. The zero-order valence-corrected chi connectivity index (χ0v) is 25.4. The maximum absolute atomic E-state index is 13.6. The van der Waals surface area contributed by atoms with E-state index in [0.717, 1.165) is 22.0 Å². The molecule has 1 aromatic heterocycles. The van der Waals surface area contributed by atoms with E-state index in [1.807, 2.05) is 87.1 Å². The fourth-order valence-electron chi connectivity index (χ4n) is 5.98. The fraction of sp³-hybridized carbons (Fsp3) is 0.394. The van der Waals surface area contributed by atoms with Gasteiger partial charge in [-0.1, -0.05) is 75.4 Å². The number of urea groups is 1. The molecule has 5 rings (SSSR count). The number of nitrogens with zero attached hydrogens (tertiary/aromatic N) is 5. The average molecular weight is 585 g/mol. The minimum absolute atomic E-state index is 0.0252. The van der Waals surface area contributed by atoms with Crippen LogP contribution in [0, 0.1) is 5.41 Å². The molecule has 1 unspecified atom stereocenters. The number of hydrazine groups is 1. The van der Waals surface area contributed by atoms with Gasteiger partial charge in [-0.3, -0.25) is 14.4 Å². The van der Waals surface area contributed by atoms with Gasteiger partial charge in [-0.05, 0) is 16.5 Å². The van der Waals surface area contributed by atoms with Gasteiger partial charge in [0, 0.05) is 50.2 Å². The summed E-state index contributed by atoms with van der Waals surface area (Å²) in [6.45, 7) is 10.9. The number of Topliss-reactive ketones (excluding diaryl/α,β-unsaturated/α-hetero) is 1. The summed E-state index contributed by atoms with van der Waals surface area (Å²) in [5.74, 6) is -0.319. The molecule has 3 heterocycles. The van der Waals surface area contributed by atoms with Crippen molar-refractivity contribution in [1.29, 1.82) is 0 Å². The summed E-state index contributed by atoms with van der Waals surface area (Å²) >= 11 is 0. The van der Waals surface area contributed by atoms with Crippen molar-refractivity contribution in [3.63, 3.8) is 0 Å². The van der Waals surface area contributed by atoms with Crippen molar-refractivity contribution in [1.82, 2.24) is 29.7 Å². The SMILES string of the molecule is C=CCN1CC(=O)N2CC(=O)N(Cc3cccc4c(C(=O)CC(C)(C)C)cn(C)c34)CC2N1C(=O)NCc1ccccc1. The third-order valence-electron chi connectivity index (χ3n) is 7.90. The Labute approximate surface area is 252 Å². The molecule has 0 bridgehead atoms. The van der Waals surface area contributed by atoms with Gasteiger partial charge in [-0.2, -0.15) is 0 Å². The molecule has 2 aromatic carbocycles. The maximum Gasteiger partial charge on any atom is 0.334 e. The van der Waals surface area contributed by atoms with E-state index in [-0.39, 0.29) is 55.2 Å². The number of fused-ring (bicyclic) bond motifs is 2. The molecule has 2 saturated heterocycles. The lowest BCUT2D eigenvalue weighted by Gasteiger charge is -2.52. The van der Waals surface area contributed by atoms with Gasteiger partial charge in [-0.15, -0.1) is 6.58 Å². The molecular formula is C33H40N6O4. The van der Waals surface area contributed by atoms with Crippen LogP contribution in [0.15, 0.2) is 67.4 Å². The van der Waals surface area contributed by atoms with E-state index in [4.69, 9.17) is 0 Å². The van der Waals surface area contributed by atoms with E-state index in [1.165, 1.54) is 4.90 Å². The third kappa shape index (κ3) is 6.34. The number of aryl methyl sites for hydroxylation is 1. The summed E-state index contributed by atoms with van der Waals surface area (Å²) < 4.78 is 1.95. The quantitative estimate of drug-likeness (QED) is 0.320. The number of benzene rings is 2. The van der Waals surface area contributed by atoms with Gasteiger partial charge in [0.15, 0.2) is 5.78 Å². The highest BCUT2D eigenvalue weighted by Crippen LogP contribution is 2.30. The van der Waals surface area contributed by atoms with Gasteiger partial charge >= 0.3 is 6.03 Å². The second-order valence-electron chi connectivity index (χ2n) is 12.5. The van der Waals surface area contributed by atoms with Crippen LogP contribution in [0.5, 0.6) is 0 Å². The first-order valence-corrected chi connectivity index (χ1v) is 14.6. The first-order valence-electron chi connectivity index (χ1n) is 14.6. The number of para-hydroxylation sites is 1. The highest BCUT2D eigenvalue weighted by Gasteiger charge is 2.46. The van der Waals surface area contributed by atoms with E-state index in [2.05, 4.69) is 11.9 Å². The van der Waals surface area contributed by atoms with Gasteiger partial charge in [0.25, 0.3) is 0 Å². The van der Waals surface area contributed by atoms with Gasteiger partial charge in [-0.25, -0.2) is 14.8 Å². The number of hydrogen-bond donors (Lipinski definition) is 1. The number of hydrogen-bond acceptors (Lipinski definition) is 5. The Morgan fingerprint density at radius 1 is 1.02 bits per heavy atom. The second-order valence-corrected chi connectivity index (χ2v) is 12.5. The molecule has 0 aliphatic carbocycles. The lowest BCUT2D eigenvalue weighted by molar-refractivity contribution is -0.180. The monoisotopic (exact) mass is 584 g/mol. The smallest absolute Gasteiger partial charge is 0.334 e. The first kappa shape index (κ1) is 30.0. The molecule has 1 atom stereocenters. The van der Waals surface area contributed by atoms with Crippen molar-refractivity contribution in [2.45, 2.75) is 46.4 Å². The van der Waals surface area contributed by atoms with Crippen LogP contribution in [0.25, 0.3) is 10.9 Å². The van der Waals surface area contributed by atoms with Crippen LogP contribution in [-0.4, -0.2) is 80.4 Å². The minimum Gasteiger partial charge on any atom is -0.350 e. The van der Waals surface area contributed by atoms with Crippen LogP contribution < -0.4 is 5.32 Å². The van der Waals surface area contributed by atoms with Crippen molar-refractivity contribution in [3.05, 3.63) is 84.1 Å². The molecule has 10 nitrogen and oxygen atoms in total. The Kier molecular flexibility index (Phi) is 8.41. The van der Waals surface area contributed by atoms with Crippen molar-refractivity contribution >= 4 is 34.5 Å². The van der Waals surface area contributed by atoms with E-state index < -0.39 is 6.17 Å². The second kappa shape index (κ2) is 12.0. The average Bonchev–Trinajstić information content (AvgIpc) is 3.30. The van der Waals surface area contributed by atoms with E-state index in [9.17, 15) is 19.2 Å².